The molecule has 7 heteroatoms. The molecule has 1 aliphatic rings. The van der Waals surface area contributed by atoms with Gasteiger partial charge in [0.05, 0.1) is 11.5 Å². The second-order valence-corrected chi connectivity index (χ2v) is 8.27. The Balaban J connectivity index is 2.14. The van der Waals surface area contributed by atoms with Crippen molar-refractivity contribution in [3.63, 3.8) is 0 Å². The first kappa shape index (κ1) is 22.7. The van der Waals surface area contributed by atoms with Gasteiger partial charge in [-0.25, -0.2) is 4.99 Å². The number of hydrogen-bond donors (Lipinski definition) is 2. The van der Waals surface area contributed by atoms with Gasteiger partial charge in [0.25, 0.3) is 0 Å². The van der Waals surface area contributed by atoms with Gasteiger partial charge in [0.15, 0.2) is 5.96 Å². The predicted molar refractivity (Wildman–Crippen MR) is 117 cm³/mol. The van der Waals surface area contributed by atoms with E-state index in [2.05, 4.69) is 22.5 Å². The van der Waals surface area contributed by atoms with E-state index in [-0.39, 0.29) is 24.4 Å². The Labute approximate surface area is 174 Å². The molecule has 1 atom stereocenters. The van der Waals surface area contributed by atoms with Crippen molar-refractivity contribution in [3.8, 4) is 0 Å². The molecule has 1 aromatic carbocycles. The van der Waals surface area contributed by atoms with Crippen LogP contribution in [0.5, 0.6) is 0 Å². The minimum atomic E-state index is -0.409. The van der Waals surface area contributed by atoms with E-state index in [4.69, 9.17) is 0 Å². The monoisotopic (exact) mass is 401 g/mol. The minimum Gasteiger partial charge on any atom is -0.355 e. The molecule has 0 radical (unpaired) electrons. The van der Waals surface area contributed by atoms with Gasteiger partial charge in [-0.3, -0.25) is 9.59 Å². The number of nitrogens with zero attached hydrogens (tertiary/aromatic N) is 3. The Kier molecular flexibility index (Phi) is 8.05. The lowest BCUT2D eigenvalue weighted by atomic mass is 9.84. The molecular formula is C22H35N5O2. The van der Waals surface area contributed by atoms with Crippen LogP contribution in [0.4, 0.5) is 0 Å². The normalized spacial score (nSPS) is 16.8. The fraction of sp³-hybridized carbons (Fsp3) is 0.591. The van der Waals surface area contributed by atoms with Crippen molar-refractivity contribution in [2.45, 2.75) is 38.6 Å². The van der Waals surface area contributed by atoms with Gasteiger partial charge in [0, 0.05) is 34.7 Å². The number of nitrogens with one attached hydrogen (secondary N) is 2. The minimum absolute atomic E-state index is 0.0148. The third kappa shape index (κ3) is 6.21. The van der Waals surface area contributed by atoms with Crippen molar-refractivity contribution in [1.82, 2.24) is 20.4 Å². The van der Waals surface area contributed by atoms with E-state index in [0.29, 0.717) is 12.5 Å². The molecular weight excluding hydrogens is 366 g/mol. The molecule has 1 fully saturated rings. The molecule has 0 bridgehead atoms. The number of aliphatic imine (C=N–C) groups is 1. The van der Waals surface area contributed by atoms with Crippen LogP contribution in [-0.2, 0) is 9.59 Å². The summed E-state index contributed by atoms with van der Waals surface area (Å²) in [4.78, 5) is 32.6. The second kappa shape index (κ2) is 10.3. The molecule has 1 saturated carbocycles. The van der Waals surface area contributed by atoms with Crippen LogP contribution in [0.25, 0.3) is 0 Å². The van der Waals surface area contributed by atoms with Crippen LogP contribution in [0.1, 0.15) is 44.2 Å². The SMILES string of the molecule is CC(NC(=NCC(=O)N(C)C)NCC1(C(=O)N(C)C)CCCC1)c1ccccc1. The Hall–Kier alpha value is -2.57. The summed E-state index contributed by atoms with van der Waals surface area (Å²) >= 11 is 0. The first-order valence-corrected chi connectivity index (χ1v) is 10.3. The summed E-state index contributed by atoms with van der Waals surface area (Å²) in [6, 6.07) is 10.1. The number of amides is 2. The summed E-state index contributed by atoms with van der Waals surface area (Å²) in [6.07, 6.45) is 3.85. The van der Waals surface area contributed by atoms with Gasteiger partial charge in [-0.05, 0) is 25.3 Å². The first-order valence-electron chi connectivity index (χ1n) is 10.3. The maximum absolute atomic E-state index is 12.8. The Morgan fingerprint density at radius 1 is 1.07 bits per heavy atom. The van der Waals surface area contributed by atoms with Crippen molar-refractivity contribution >= 4 is 17.8 Å². The van der Waals surface area contributed by atoms with E-state index in [1.165, 1.54) is 4.90 Å². The van der Waals surface area contributed by atoms with Crippen molar-refractivity contribution in [3.05, 3.63) is 35.9 Å². The maximum Gasteiger partial charge on any atom is 0.243 e. The molecule has 2 N–H and O–H groups in total. The molecule has 0 aliphatic heterocycles. The number of likely N-dealkylation sites (N-methyl/N-ethyl adjacent to an activating group) is 1. The van der Waals surface area contributed by atoms with Gasteiger partial charge >= 0.3 is 0 Å². The van der Waals surface area contributed by atoms with Gasteiger partial charge in [0.2, 0.25) is 11.8 Å². The zero-order valence-electron chi connectivity index (χ0n) is 18.4. The molecule has 0 saturated heterocycles. The predicted octanol–water partition coefficient (Wildman–Crippen LogP) is 2.02. The summed E-state index contributed by atoms with van der Waals surface area (Å²) in [5, 5.41) is 6.73. The number of carbonyl (C=O) groups is 2. The molecule has 1 unspecified atom stereocenters. The standard InChI is InChI=1S/C22H35N5O2/c1-17(18-11-7-6-8-12-18)25-21(23-15-19(28)26(2)3)24-16-22(13-9-10-14-22)20(29)27(4)5/h6-8,11-12,17H,9-10,13-16H2,1-5H3,(H2,23,24,25). The highest BCUT2D eigenvalue weighted by molar-refractivity contribution is 5.87. The average Bonchev–Trinajstić information content (AvgIpc) is 3.19. The average molecular weight is 402 g/mol. The fourth-order valence-corrected chi connectivity index (χ4v) is 3.72. The Bertz CT molecular complexity index is 709. The molecule has 0 aromatic heterocycles. The van der Waals surface area contributed by atoms with Gasteiger partial charge in [-0.1, -0.05) is 43.2 Å². The van der Waals surface area contributed by atoms with Crippen LogP contribution < -0.4 is 10.6 Å². The lowest BCUT2D eigenvalue weighted by Crippen LogP contribution is -2.49. The van der Waals surface area contributed by atoms with E-state index in [1.54, 1.807) is 19.0 Å². The first-order chi connectivity index (χ1) is 13.7. The molecule has 29 heavy (non-hydrogen) atoms. The molecule has 0 heterocycles. The van der Waals surface area contributed by atoms with Crippen LogP contribution in [0.15, 0.2) is 35.3 Å². The van der Waals surface area contributed by atoms with Gasteiger partial charge in [-0.15, -0.1) is 0 Å². The Morgan fingerprint density at radius 3 is 2.24 bits per heavy atom. The summed E-state index contributed by atoms with van der Waals surface area (Å²) in [7, 11) is 7.05. The topological polar surface area (TPSA) is 77.0 Å². The number of carbonyl (C=O) groups excluding carboxylic acids is 2. The molecule has 1 aliphatic carbocycles. The van der Waals surface area contributed by atoms with E-state index >= 15 is 0 Å². The van der Waals surface area contributed by atoms with Crippen molar-refractivity contribution in [2.24, 2.45) is 10.4 Å². The lowest BCUT2D eigenvalue weighted by molar-refractivity contribution is -0.138. The highest BCUT2D eigenvalue weighted by Crippen LogP contribution is 2.38. The summed E-state index contributed by atoms with van der Waals surface area (Å²) in [5.74, 6) is 0.634. The molecule has 1 aromatic rings. The van der Waals surface area contributed by atoms with E-state index in [0.717, 1.165) is 31.2 Å². The van der Waals surface area contributed by atoms with E-state index in [9.17, 15) is 9.59 Å². The fourth-order valence-electron chi connectivity index (χ4n) is 3.72. The molecule has 160 valence electrons. The summed E-state index contributed by atoms with van der Waals surface area (Å²) < 4.78 is 0. The van der Waals surface area contributed by atoms with Gasteiger partial charge in [-0.2, -0.15) is 0 Å². The Morgan fingerprint density at radius 2 is 1.69 bits per heavy atom. The highest BCUT2D eigenvalue weighted by Gasteiger charge is 2.42. The quantitative estimate of drug-likeness (QED) is 0.541. The summed E-state index contributed by atoms with van der Waals surface area (Å²) in [6.45, 7) is 2.61. The van der Waals surface area contributed by atoms with Crippen LogP contribution in [0.2, 0.25) is 0 Å². The zero-order valence-corrected chi connectivity index (χ0v) is 18.4. The summed E-state index contributed by atoms with van der Waals surface area (Å²) in [5.41, 5.74) is 0.717. The zero-order chi connectivity index (χ0) is 21.4. The smallest absolute Gasteiger partial charge is 0.243 e. The largest absolute Gasteiger partial charge is 0.355 e. The van der Waals surface area contributed by atoms with E-state index < -0.39 is 5.41 Å². The third-order valence-electron chi connectivity index (χ3n) is 5.54. The number of hydrogen-bond acceptors (Lipinski definition) is 3. The second-order valence-electron chi connectivity index (χ2n) is 8.27. The maximum atomic E-state index is 12.8. The van der Waals surface area contributed by atoms with Gasteiger partial charge < -0.3 is 20.4 Å². The number of rotatable bonds is 7. The number of guanidine groups is 1. The van der Waals surface area contributed by atoms with Gasteiger partial charge in [0.1, 0.15) is 6.54 Å². The molecule has 2 rings (SSSR count). The van der Waals surface area contributed by atoms with Crippen LogP contribution in [-0.4, -0.2) is 68.9 Å². The molecule has 7 nitrogen and oxygen atoms in total. The van der Waals surface area contributed by atoms with Crippen molar-refractivity contribution in [1.29, 1.82) is 0 Å². The molecule has 0 spiro atoms. The van der Waals surface area contributed by atoms with Crippen molar-refractivity contribution < 1.29 is 9.59 Å². The van der Waals surface area contributed by atoms with Crippen LogP contribution in [0.3, 0.4) is 0 Å². The third-order valence-corrected chi connectivity index (χ3v) is 5.54. The van der Waals surface area contributed by atoms with Crippen LogP contribution >= 0.6 is 0 Å². The molecule has 2 amide bonds. The van der Waals surface area contributed by atoms with Crippen LogP contribution in [0, 0.1) is 5.41 Å². The van der Waals surface area contributed by atoms with E-state index in [1.807, 2.05) is 44.4 Å². The van der Waals surface area contributed by atoms with Crippen molar-refractivity contribution in [2.75, 3.05) is 41.3 Å². The number of benzene rings is 1. The lowest BCUT2D eigenvalue weighted by Gasteiger charge is -2.32. The highest BCUT2D eigenvalue weighted by atomic mass is 16.2.